The number of amides is 1. The molecule has 0 fully saturated rings. The Balaban J connectivity index is 1.49. The predicted octanol–water partition coefficient (Wildman–Crippen LogP) is 4.04. The van der Waals surface area contributed by atoms with Crippen molar-refractivity contribution in [3.8, 4) is 11.5 Å². The van der Waals surface area contributed by atoms with Gasteiger partial charge in [0.1, 0.15) is 17.3 Å². The lowest BCUT2D eigenvalue weighted by atomic mass is 10.2. The van der Waals surface area contributed by atoms with Crippen LogP contribution in [-0.4, -0.2) is 36.1 Å². The van der Waals surface area contributed by atoms with Crippen molar-refractivity contribution in [3.05, 3.63) is 53.8 Å². The first-order valence-electron chi connectivity index (χ1n) is 8.53. The van der Waals surface area contributed by atoms with Gasteiger partial charge in [-0.3, -0.25) is 4.79 Å². The van der Waals surface area contributed by atoms with Gasteiger partial charge in [0.25, 0.3) is 0 Å². The van der Waals surface area contributed by atoms with E-state index in [2.05, 4.69) is 20.8 Å². The molecule has 152 valence electrons. The van der Waals surface area contributed by atoms with Crippen LogP contribution >= 0.6 is 23.1 Å². The highest BCUT2D eigenvalue weighted by atomic mass is 32.2. The van der Waals surface area contributed by atoms with E-state index in [1.807, 2.05) is 0 Å². The van der Waals surface area contributed by atoms with E-state index >= 15 is 0 Å². The molecule has 10 heteroatoms. The minimum atomic E-state index is -0.269. The number of methoxy groups -OCH3 is 2. The molecule has 1 heterocycles. The van der Waals surface area contributed by atoms with Crippen LogP contribution in [0.5, 0.6) is 11.5 Å². The van der Waals surface area contributed by atoms with Crippen LogP contribution in [0.1, 0.15) is 5.56 Å². The van der Waals surface area contributed by atoms with E-state index in [0.29, 0.717) is 33.2 Å². The van der Waals surface area contributed by atoms with Crippen LogP contribution in [0.4, 0.5) is 15.2 Å². The number of carbonyl (C=O) groups excluding carboxylic acids is 1. The quantitative estimate of drug-likeness (QED) is 0.492. The van der Waals surface area contributed by atoms with Gasteiger partial charge in [-0.05, 0) is 17.7 Å². The summed E-state index contributed by atoms with van der Waals surface area (Å²) in [6.07, 6.45) is 0. The molecule has 0 unspecified atom stereocenters. The molecule has 0 radical (unpaired) electrons. The SMILES string of the molecule is COc1cc(NC(=O)CSc2nnc(NCc3ccc(F)cc3)s2)cc(OC)c1. The minimum absolute atomic E-state index is 0.179. The summed E-state index contributed by atoms with van der Waals surface area (Å²) in [4.78, 5) is 12.2. The number of halogens is 1. The van der Waals surface area contributed by atoms with Crippen molar-refractivity contribution in [2.24, 2.45) is 0 Å². The van der Waals surface area contributed by atoms with Crippen molar-refractivity contribution >= 4 is 39.8 Å². The number of hydrogen-bond donors (Lipinski definition) is 2. The summed E-state index contributed by atoms with van der Waals surface area (Å²) in [6.45, 7) is 0.512. The highest BCUT2D eigenvalue weighted by Crippen LogP contribution is 2.28. The molecule has 0 aliphatic carbocycles. The first-order valence-corrected chi connectivity index (χ1v) is 10.3. The van der Waals surface area contributed by atoms with E-state index in [1.54, 1.807) is 44.6 Å². The van der Waals surface area contributed by atoms with Crippen molar-refractivity contribution in [3.63, 3.8) is 0 Å². The van der Waals surface area contributed by atoms with Gasteiger partial charge in [0.05, 0.1) is 20.0 Å². The van der Waals surface area contributed by atoms with Crippen LogP contribution in [0.15, 0.2) is 46.8 Å². The molecular formula is C19H19FN4O3S2. The van der Waals surface area contributed by atoms with Gasteiger partial charge in [0.2, 0.25) is 11.0 Å². The second-order valence-electron chi connectivity index (χ2n) is 5.79. The van der Waals surface area contributed by atoms with Gasteiger partial charge in [-0.2, -0.15) is 0 Å². The third-order valence-corrected chi connectivity index (χ3v) is 5.74. The lowest BCUT2D eigenvalue weighted by Crippen LogP contribution is -2.14. The molecule has 29 heavy (non-hydrogen) atoms. The largest absolute Gasteiger partial charge is 0.497 e. The Labute approximate surface area is 175 Å². The number of thioether (sulfide) groups is 1. The second kappa shape index (κ2) is 10.1. The number of hydrogen-bond acceptors (Lipinski definition) is 8. The van der Waals surface area contributed by atoms with Crippen LogP contribution in [0.25, 0.3) is 0 Å². The maximum atomic E-state index is 12.9. The van der Waals surface area contributed by atoms with Crippen LogP contribution in [0, 0.1) is 5.82 Å². The third kappa shape index (κ3) is 6.33. The van der Waals surface area contributed by atoms with Gasteiger partial charge in [0, 0.05) is 30.4 Å². The molecule has 0 aliphatic rings. The minimum Gasteiger partial charge on any atom is -0.497 e. The van der Waals surface area contributed by atoms with Crippen LogP contribution in [0.2, 0.25) is 0 Å². The molecule has 0 saturated carbocycles. The number of rotatable bonds is 9. The zero-order valence-electron chi connectivity index (χ0n) is 15.8. The van der Waals surface area contributed by atoms with E-state index in [4.69, 9.17) is 9.47 Å². The Morgan fingerprint density at radius 1 is 1.10 bits per heavy atom. The Morgan fingerprint density at radius 2 is 1.79 bits per heavy atom. The molecule has 2 N–H and O–H groups in total. The fourth-order valence-electron chi connectivity index (χ4n) is 2.32. The Morgan fingerprint density at radius 3 is 2.45 bits per heavy atom. The number of nitrogens with zero attached hydrogens (tertiary/aromatic N) is 2. The van der Waals surface area contributed by atoms with Crippen LogP contribution < -0.4 is 20.1 Å². The highest BCUT2D eigenvalue weighted by molar-refractivity contribution is 8.01. The van der Waals surface area contributed by atoms with Gasteiger partial charge in [0.15, 0.2) is 4.34 Å². The lowest BCUT2D eigenvalue weighted by molar-refractivity contribution is -0.113. The molecule has 0 saturated heterocycles. The van der Waals surface area contributed by atoms with E-state index in [9.17, 15) is 9.18 Å². The molecule has 3 rings (SSSR count). The topological polar surface area (TPSA) is 85.4 Å². The third-order valence-electron chi connectivity index (χ3n) is 3.73. The molecule has 0 atom stereocenters. The molecular weight excluding hydrogens is 415 g/mol. The maximum Gasteiger partial charge on any atom is 0.234 e. The fourth-order valence-corrected chi connectivity index (χ4v) is 3.87. The number of carbonyl (C=O) groups is 1. The molecule has 3 aromatic rings. The normalized spacial score (nSPS) is 10.4. The zero-order valence-corrected chi connectivity index (χ0v) is 17.4. The Kier molecular flexibility index (Phi) is 7.25. The second-order valence-corrected chi connectivity index (χ2v) is 7.99. The first-order chi connectivity index (χ1) is 14.1. The summed E-state index contributed by atoms with van der Waals surface area (Å²) in [5.74, 6) is 0.920. The summed E-state index contributed by atoms with van der Waals surface area (Å²) < 4.78 is 24.0. The lowest BCUT2D eigenvalue weighted by Gasteiger charge is -2.09. The van der Waals surface area contributed by atoms with Crippen LogP contribution in [-0.2, 0) is 11.3 Å². The van der Waals surface area contributed by atoms with Crippen molar-refractivity contribution in [2.75, 3.05) is 30.6 Å². The van der Waals surface area contributed by atoms with E-state index < -0.39 is 0 Å². The highest BCUT2D eigenvalue weighted by Gasteiger charge is 2.10. The standard InChI is InChI=1S/C19H19FN4O3S2/c1-26-15-7-14(8-16(9-15)27-2)22-17(25)11-28-19-24-23-18(29-19)21-10-12-3-5-13(20)6-4-12/h3-9H,10-11H2,1-2H3,(H,21,23)(H,22,25). The van der Waals surface area contributed by atoms with E-state index in [0.717, 1.165) is 5.56 Å². The first kappa shape index (κ1) is 20.9. The molecule has 0 aliphatic heterocycles. The summed E-state index contributed by atoms with van der Waals surface area (Å²) in [6, 6.07) is 11.4. The number of anilines is 2. The molecule has 1 aromatic heterocycles. The van der Waals surface area contributed by atoms with Crippen molar-refractivity contribution in [1.82, 2.24) is 10.2 Å². The van der Waals surface area contributed by atoms with E-state index in [-0.39, 0.29) is 17.5 Å². The molecule has 0 bridgehead atoms. The van der Waals surface area contributed by atoms with Crippen LogP contribution in [0.3, 0.4) is 0 Å². The predicted molar refractivity (Wildman–Crippen MR) is 113 cm³/mol. The summed E-state index contributed by atoms with van der Waals surface area (Å²) in [5.41, 5.74) is 1.52. The molecule has 2 aromatic carbocycles. The number of ether oxygens (including phenoxy) is 2. The number of aromatic nitrogens is 2. The Bertz CT molecular complexity index is 944. The van der Waals surface area contributed by atoms with Crippen molar-refractivity contribution in [2.45, 2.75) is 10.9 Å². The smallest absolute Gasteiger partial charge is 0.234 e. The Hall–Kier alpha value is -2.85. The molecule has 1 amide bonds. The zero-order chi connectivity index (χ0) is 20.6. The van der Waals surface area contributed by atoms with Crippen molar-refractivity contribution < 1.29 is 18.7 Å². The van der Waals surface area contributed by atoms with Gasteiger partial charge < -0.3 is 20.1 Å². The molecule has 7 nitrogen and oxygen atoms in total. The average Bonchev–Trinajstić information content (AvgIpc) is 3.19. The van der Waals surface area contributed by atoms with Gasteiger partial charge in [-0.1, -0.05) is 35.2 Å². The maximum absolute atomic E-state index is 12.9. The summed E-state index contributed by atoms with van der Waals surface area (Å²) in [5, 5.41) is 14.7. The van der Waals surface area contributed by atoms with Gasteiger partial charge in [-0.25, -0.2) is 4.39 Å². The van der Waals surface area contributed by atoms with Crippen molar-refractivity contribution in [1.29, 1.82) is 0 Å². The summed E-state index contributed by atoms with van der Waals surface area (Å²) in [7, 11) is 3.10. The van der Waals surface area contributed by atoms with Gasteiger partial charge in [-0.15, -0.1) is 10.2 Å². The number of nitrogens with one attached hydrogen (secondary N) is 2. The van der Waals surface area contributed by atoms with E-state index in [1.165, 1.54) is 35.2 Å². The fraction of sp³-hybridized carbons (Fsp3) is 0.211. The monoisotopic (exact) mass is 434 g/mol. The average molecular weight is 435 g/mol. The van der Waals surface area contributed by atoms with Gasteiger partial charge >= 0.3 is 0 Å². The number of benzene rings is 2. The summed E-state index contributed by atoms with van der Waals surface area (Å²) >= 11 is 2.64. The molecule has 0 spiro atoms.